The van der Waals surface area contributed by atoms with Crippen LogP contribution < -0.4 is 21.8 Å². The Balaban J connectivity index is 0.000000280. The van der Waals surface area contributed by atoms with E-state index in [-0.39, 0.29) is 71.3 Å². The Kier molecular flexibility index (Phi) is 19.4. The second kappa shape index (κ2) is 24.0. The van der Waals surface area contributed by atoms with Crippen LogP contribution in [0.5, 0.6) is 0 Å². The van der Waals surface area contributed by atoms with E-state index in [1.165, 1.54) is 38.5 Å². The summed E-state index contributed by atoms with van der Waals surface area (Å²) in [5, 5.41) is 7.56. The van der Waals surface area contributed by atoms with Crippen LogP contribution in [0, 0.1) is 27.7 Å². The van der Waals surface area contributed by atoms with Gasteiger partial charge >= 0.3 is 0 Å². The molecule has 2 heterocycles. The van der Waals surface area contributed by atoms with E-state index in [4.69, 9.17) is 0 Å². The largest absolute Gasteiger partial charge is 0.354 e. The summed E-state index contributed by atoms with van der Waals surface area (Å²) in [4.78, 5) is 80.7. The van der Waals surface area contributed by atoms with Crippen molar-refractivity contribution >= 4 is 57.8 Å². The van der Waals surface area contributed by atoms with Gasteiger partial charge in [-0.05, 0) is 139 Å². The van der Waals surface area contributed by atoms with Crippen LogP contribution in [-0.4, -0.2) is 79.8 Å². The number of pyridine rings is 2. The molecule has 65 heavy (non-hydrogen) atoms. The summed E-state index contributed by atoms with van der Waals surface area (Å²) in [5.74, 6) is 0.0128. The van der Waals surface area contributed by atoms with Gasteiger partial charge < -0.3 is 29.6 Å². The number of aryl methyl sites for hydroxylation is 4. The summed E-state index contributed by atoms with van der Waals surface area (Å²) in [5.41, 5.74) is 5.79. The van der Waals surface area contributed by atoms with Gasteiger partial charge in [-0.25, -0.2) is 0 Å². The second-order valence-corrected chi connectivity index (χ2v) is 18.6. The standard InChI is InChI=1S/2C26H37N3O3.ClH/c2*1-6-24(30)27-12-13-28-23-16-22(18(4)14-20(23)15-19(5)25(28)31)26(32)29(17(2)3)21-10-8-7-9-11-21;/h2*14-17,21H,6-13H2,1-5H3,(H,27,30);1H. The van der Waals surface area contributed by atoms with E-state index < -0.39 is 0 Å². The van der Waals surface area contributed by atoms with E-state index >= 15 is 0 Å². The highest BCUT2D eigenvalue weighted by molar-refractivity contribution is 6.01. The third-order valence-corrected chi connectivity index (χ3v) is 13.2. The number of carbonyl (C=O) groups is 4. The monoisotopic (exact) mass is 915 g/mol. The first kappa shape index (κ1) is 52.7. The normalized spacial score (nSPS) is 14.5. The Morgan fingerprint density at radius 3 is 1.18 bits per heavy atom. The highest BCUT2D eigenvalue weighted by Crippen LogP contribution is 2.30. The van der Waals surface area contributed by atoms with E-state index in [0.717, 1.165) is 58.6 Å². The molecule has 0 saturated heterocycles. The molecule has 6 rings (SSSR count). The Morgan fingerprint density at radius 1 is 0.554 bits per heavy atom. The molecule has 13 heteroatoms. The number of rotatable bonds is 14. The minimum Gasteiger partial charge on any atom is -0.354 e. The van der Waals surface area contributed by atoms with Crippen LogP contribution in [0.4, 0.5) is 0 Å². The van der Waals surface area contributed by atoms with Crippen molar-refractivity contribution in [2.24, 2.45) is 0 Å². The highest BCUT2D eigenvalue weighted by atomic mass is 35.5. The second-order valence-electron chi connectivity index (χ2n) is 18.6. The molecule has 0 bridgehead atoms. The van der Waals surface area contributed by atoms with Crippen molar-refractivity contribution in [3.63, 3.8) is 0 Å². The third-order valence-electron chi connectivity index (χ3n) is 13.2. The van der Waals surface area contributed by atoms with E-state index in [0.29, 0.717) is 61.3 Å². The molecule has 0 aliphatic heterocycles. The van der Waals surface area contributed by atoms with E-state index in [2.05, 4.69) is 38.3 Å². The lowest BCUT2D eigenvalue weighted by molar-refractivity contribution is -0.121. The molecule has 0 spiro atoms. The van der Waals surface area contributed by atoms with Gasteiger partial charge in [-0.2, -0.15) is 0 Å². The summed E-state index contributed by atoms with van der Waals surface area (Å²) in [6.07, 6.45) is 12.2. The fourth-order valence-corrected chi connectivity index (χ4v) is 9.78. The van der Waals surface area contributed by atoms with Crippen molar-refractivity contribution < 1.29 is 19.2 Å². The van der Waals surface area contributed by atoms with Gasteiger partial charge in [0.1, 0.15) is 0 Å². The molecule has 0 radical (unpaired) electrons. The maximum atomic E-state index is 13.7. The molecule has 0 atom stereocenters. The van der Waals surface area contributed by atoms with Crippen molar-refractivity contribution in [3.05, 3.63) is 90.5 Å². The summed E-state index contributed by atoms with van der Waals surface area (Å²) < 4.78 is 3.38. The number of amides is 4. The lowest BCUT2D eigenvalue weighted by Crippen LogP contribution is -2.46. The Bertz CT molecular complexity index is 2270. The topological polar surface area (TPSA) is 143 Å². The van der Waals surface area contributed by atoms with E-state index in [9.17, 15) is 28.8 Å². The molecule has 2 aliphatic carbocycles. The molecule has 2 aromatic carbocycles. The molecule has 2 aliphatic rings. The molecule has 4 amide bonds. The van der Waals surface area contributed by atoms with Gasteiger partial charge in [0.25, 0.3) is 22.9 Å². The van der Waals surface area contributed by atoms with Crippen LogP contribution in [0.15, 0.2) is 46.0 Å². The molecule has 2 saturated carbocycles. The zero-order chi connectivity index (χ0) is 46.8. The molecule has 0 unspecified atom stereocenters. The first-order chi connectivity index (χ1) is 30.5. The maximum Gasteiger partial charge on any atom is 0.254 e. The molecule has 2 aromatic heterocycles. The average molecular weight is 916 g/mol. The number of aromatic nitrogens is 2. The number of carbonyl (C=O) groups excluding carboxylic acids is 4. The summed E-state index contributed by atoms with van der Waals surface area (Å²) in [6, 6.07) is 12.3. The SMILES string of the molecule is CCC(=O)NCCn1c(=O)c(C)cc2cc(C)c(C(=O)N(C(C)C)C3CCCCC3)cc21.CCC(=O)NCCn1c(=O)c(C)cc2cc(C)c(C(=O)N(C(C)C)C3CCCCC3)cc21.Cl. The van der Waals surface area contributed by atoms with Crippen molar-refractivity contribution in [1.82, 2.24) is 29.6 Å². The van der Waals surface area contributed by atoms with Crippen LogP contribution in [0.1, 0.15) is 162 Å². The Hall–Kier alpha value is -4.97. The zero-order valence-corrected chi connectivity index (χ0v) is 41.6. The fourth-order valence-electron chi connectivity index (χ4n) is 9.78. The van der Waals surface area contributed by atoms with Gasteiger partial charge in [0, 0.05) is 85.4 Å². The molecular formula is C52H75ClN6O6. The molecular weight excluding hydrogens is 840 g/mol. The number of nitrogens with one attached hydrogen (secondary N) is 2. The number of benzene rings is 2. The third kappa shape index (κ3) is 12.7. The molecule has 12 nitrogen and oxygen atoms in total. The van der Waals surface area contributed by atoms with E-state index in [1.807, 2.05) is 60.0 Å². The van der Waals surface area contributed by atoms with Crippen LogP contribution in [0.2, 0.25) is 0 Å². The van der Waals surface area contributed by atoms with Crippen molar-refractivity contribution in [2.75, 3.05) is 13.1 Å². The average Bonchev–Trinajstić information content (AvgIpc) is 3.26. The predicted molar refractivity (Wildman–Crippen MR) is 266 cm³/mol. The quantitative estimate of drug-likeness (QED) is 0.129. The first-order valence-electron chi connectivity index (χ1n) is 24.0. The minimum atomic E-state index is -0.0847. The molecule has 356 valence electrons. The fraction of sp³-hybridized carbons (Fsp3) is 0.577. The van der Waals surface area contributed by atoms with Gasteiger partial charge in [-0.1, -0.05) is 52.4 Å². The zero-order valence-electron chi connectivity index (χ0n) is 40.7. The van der Waals surface area contributed by atoms with Crippen LogP contribution in [0.3, 0.4) is 0 Å². The predicted octanol–water partition coefficient (Wildman–Crippen LogP) is 9.08. The number of nitrogens with zero attached hydrogens (tertiary/aromatic N) is 4. The Morgan fingerprint density at radius 2 is 0.877 bits per heavy atom. The van der Waals surface area contributed by atoms with Gasteiger partial charge in [-0.3, -0.25) is 28.8 Å². The van der Waals surface area contributed by atoms with Crippen molar-refractivity contribution in [3.8, 4) is 0 Å². The van der Waals surface area contributed by atoms with E-state index in [1.54, 1.807) is 36.8 Å². The lowest BCUT2D eigenvalue weighted by Gasteiger charge is -2.37. The van der Waals surface area contributed by atoms with Gasteiger partial charge in [-0.15, -0.1) is 12.4 Å². The van der Waals surface area contributed by atoms with Gasteiger partial charge in [0.05, 0.1) is 11.0 Å². The van der Waals surface area contributed by atoms with Crippen molar-refractivity contribution in [1.29, 1.82) is 0 Å². The number of hydrogen-bond acceptors (Lipinski definition) is 6. The van der Waals surface area contributed by atoms with Crippen molar-refractivity contribution in [2.45, 2.75) is 184 Å². The smallest absolute Gasteiger partial charge is 0.254 e. The highest BCUT2D eigenvalue weighted by Gasteiger charge is 2.31. The maximum absolute atomic E-state index is 13.7. The number of halogens is 1. The molecule has 2 fully saturated rings. The Labute approximate surface area is 392 Å². The molecule has 2 N–H and O–H groups in total. The summed E-state index contributed by atoms with van der Waals surface area (Å²) in [6.45, 7) is 21.0. The van der Waals surface area contributed by atoms with Crippen LogP contribution in [0.25, 0.3) is 21.8 Å². The van der Waals surface area contributed by atoms with Crippen LogP contribution in [-0.2, 0) is 22.7 Å². The van der Waals surface area contributed by atoms with Gasteiger partial charge in [0.15, 0.2) is 0 Å². The summed E-state index contributed by atoms with van der Waals surface area (Å²) in [7, 11) is 0. The number of fused-ring (bicyclic) bond motifs is 2. The van der Waals surface area contributed by atoms with Crippen LogP contribution >= 0.6 is 12.4 Å². The summed E-state index contributed by atoms with van der Waals surface area (Å²) >= 11 is 0. The minimum absolute atomic E-state index is 0. The van der Waals surface area contributed by atoms with Gasteiger partial charge in [0.2, 0.25) is 11.8 Å². The lowest BCUT2D eigenvalue weighted by atomic mass is 9.92. The molecule has 4 aromatic rings. The first-order valence-corrected chi connectivity index (χ1v) is 24.0. The number of hydrogen-bond donors (Lipinski definition) is 2.